The number of likely N-dealkylation sites (tertiary alicyclic amines) is 1. The van der Waals surface area contributed by atoms with Crippen molar-refractivity contribution in [3.8, 4) is 36.4 Å². The maximum atomic E-state index is 13.9. The molecular formula is C43H36F9N7O12S3. The second kappa shape index (κ2) is 22.5. The number of carbonyl (C=O) groups excluding carboxylic acids is 3. The highest BCUT2D eigenvalue weighted by Gasteiger charge is 2.55. The Morgan fingerprint density at radius 3 is 1.07 bits per heavy atom. The molecule has 0 aromatic heterocycles. The average molecular weight is 1110 g/mol. The van der Waals surface area contributed by atoms with Crippen LogP contribution < -0.4 is 0 Å². The van der Waals surface area contributed by atoms with Gasteiger partial charge >= 0.3 is 34.4 Å². The van der Waals surface area contributed by atoms with E-state index in [4.69, 9.17) is 14.2 Å². The number of esters is 3. The van der Waals surface area contributed by atoms with Gasteiger partial charge in [-0.15, -0.1) is 0 Å². The van der Waals surface area contributed by atoms with Gasteiger partial charge in [0.2, 0.25) is 0 Å². The van der Waals surface area contributed by atoms with Crippen molar-refractivity contribution in [2.45, 2.75) is 97.5 Å². The van der Waals surface area contributed by atoms with E-state index in [0.717, 1.165) is 13.8 Å². The van der Waals surface area contributed by atoms with Crippen LogP contribution in [0.3, 0.4) is 0 Å². The van der Waals surface area contributed by atoms with E-state index in [1.165, 1.54) is 23.1 Å². The zero-order valence-corrected chi connectivity index (χ0v) is 40.6. The molecule has 0 aromatic carbocycles. The predicted octanol–water partition coefficient (Wildman–Crippen LogP) is 5.54. The molecule has 0 spiro atoms. The second-order valence-electron chi connectivity index (χ2n) is 16.8. The molecule has 74 heavy (non-hydrogen) atoms. The number of sulfone groups is 3. The Kier molecular flexibility index (Phi) is 18.1. The molecule has 1 heterocycles. The molecule has 1 saturated heterocycles. The molecule has 0 N–H and O–H groups in total. The molecule has 19 nitrogen and oxygen atoms in total. The molecule has 1 fully saturated rings. The van der Waals surface area contributed by atoms with E-state index in [2.05, 4.69) is 0 Å². The van der Waals surface area contributed by atoms with E-state index in [1.54, 1.807) is 18.2 Å². The zero-order chi connectivity index (χ0) is 56.1. The summed E-state index contributed by atoms with van der Waals surface area (Å²) in [5.41, 5.74) is -26.2. The second-order valence-corrected chi connectivity index (χ2v) is 23.4. The molecule has 4 aliphatic rings. The maximum Gasteiger partial charge on any atom is 0.497 e. The van der Waals surface area contributed by atoms with Crippen molar-refractivity contribution in [1.29, 1.82) is 31.6 Å². The van der Waals surface area contributed by atoms with Gasteiger partial charge in [-0.05, 0) is 75.5 Å². The zero-order valence-electron chi connectivity index (χ0n) is 38.2. The first-order chi connectivity index (χ1) is 34.2. The van der Waals surface area contributed by atoms with Crippen LogP contribution in [0, 0.1) is 73.9 Å². The molecule has 3 unspecified atom stereocenters. The Labute approximate surface area is 415 Å². The van der Waals surface area contributed by atoms with Gasteiger partial charge in [0.15, 0.2) is 0 Å². The van der Waals surface area contributed by atoms with Crippen molar-refractivity contribution in [2.75, 3.05) is 32.9 Å². The molecule has 0 saturated carbocycles. The third-order valence-corrected chi connectivity index (χ3v) is 17.7. The Bertz CT molecular complexity index is 3080. The molecule has 31 heteroatoms. The molecule has 1 aliphatic heterocycles. The first-order valence-electron chi connectivity index (χ1n) is 21.1. The summed E-state index contributed by atoms with van der Waals surface area (Å²) in [5.74, 6) is -7.23. The molecule has 0 aromatic rings. The number of carbonyl (C=O) groups is 3. The van der Waals surface area contributed by atoms with E-state index in [0.29, 0.717) is 12.8 Å². The van der Waals surface area contributed by atoms with Gasteiger partial charge in [-0.25, -0.2) is 39.6 Å². The lowest BCUT2D eigenvalue weighted by molar-refractivity contribution is -0.148. The molecule has 396 valence electrons. The number of allylic oxidation sites excluding steroid dienone is 9. The maximum absolute atomic E-state index is 13.9. The van der Waals surface area contributed by atoms with Crippen molar-refractivity contribution in [3.05, 3.63) is 67.0 Å². The minimum Gasteiger partial charge on any atom is -0.461 e. The standard InChI is InChI=1S/C43H36F9N7O12S3/c1-22-7-25(72(63,64)41(44,45)46)9-28(31(22)13-53)34(16-56)38(60)69-19-24(20-70-39(61)35(17-57)29-10-26(8-23(2)32(29)14-54)73(65,66)42(47,48)49)21-71-40(62)36(18-58)30-11-27(74(67,68)43(50,51)52)12-37(33(30)15-55)59-5-3-4-6-59/h24-27H,3-12,19-21H2,1-2H3/b34-28+,35-29+,36-30+. The first-order valence-corrected chi connectivity index (χ1v) is 25.7. The first kappa shape index (κ1) is 59.4. The van der Waals surface area contributed by atoms with Gasteiger partial charge in [0.05, 0.1) is 50.5 Å². The van der Waals surface area contributed by atoms with Gasteiger partial charge in [0.1, 0.15) is 60.8 Å². The fourth-order valence-corrected chi connectivity index (χ4v) is 12.0. The normalized spacial score (nSPS) is 22.7. The van der Waals surface area contributed by atoms with Crippen LogP contribution in [-0.4, -0.2) is 113 Å². The summed E-state index contributed by atoms with van der Waals surface area (Å²) in [6, 6.07) is 8.75. The number of halogens is 9. The number of alkyl halides is 9. The van der Waals surface area contributed by atoms with Gasteiger partial charge in [0.25, 0.3) is 29.5 Å². The third-order valence-electron chi connectivity index (χ3n) is 12.1. The van der Waals surface area contributed by atoms with E-state index >= 15 is 0 Å². The van der Waals surface area contributed by atoms with Crippen LogP contribution in [0.4, 0.5) is 39.5 Å². The Hall–Kier alpha value is -7.19. The molecule has 3 aliphatic carbocycles. The van der Waals surface area contributed by atoms with Crippen LogP contribution in [-0.2, 0) is 58.1 Å². The van der Waals surface area contributed by atoms with Crippen LogP contribution in [0.25, 0.3) is 0 Å². The fraction of sp³-hybridized carbons (Fsp3) is 0.512. The van der Waals surface area contributed by atoms with Crippen LogP contribution in [0.5, 0.6) is 0 Å². The van der Waals surface area contributed by atoms with Crippen LogP contribution in [0.1, 0.15) is 65.2 Å². The minimum absolute atomic E-state index is 0.133. The van der Waals surface area contributed by atoms with E-state index in [-0.39, 0.29) is 29.9 Å². The third kappa shape index (κ3) is 12.1. The van der Waals surface area contributed by atoms with Crippen LogP contribution in [0.2, 0.25) is 0 Å². The van der Waals surface area contributed by atoms with E-state index < -0.39 is 194 Å². The summed E-state index contributed by atoms with van der Waals surface area (Å²) in [7, 11) is -18.1. The van der Waals surface area contributed by atoms with Crippen LogP contribution >= 0.6 is 0 Å². The number of hydrogen-bond donors (Lipinski definition) is 0. The summed E-state index contributed by atoms with van der Waals surface area (Å²) in [4.78, 5) is 42.1. The Balaban J connectivity index is 1.80. The molecule has 0 radical (unpaired) electrons. The van der Waals surface area contributed by atoms with Crippen molar-refractivity contribution in [2.24, 2.45) is 5.92 Å². The van der Waals surface area contributed by atoms with Gasteiger partial charge in [0, 0.05) is 25.2 Å². The number of hydrogen-bond acceptors (Lipinski definition) is 19. The van der Waals surface area contributed by atoms with Gasteiger partial charge in [-0.1, -0.05) is 11.1 Å². The largest absolute Gasteiger partial charge is 0.497 e. The Morgan fingerprint density at radius 2 is 0.797 bits per heavy atom. The van der Waals surface area contributed by atoms with E-state index in [1.807, 2.05) is 0 Å². The average Bonchev–Trinajstić information content (AvgIpc) is 3.85. The smallest absolute Gasteiger partial charge is 0.461 e. The molecule has 0 bridgehead atoms. The number of rotatable bonds is 13. The highest BCUT2D eigenvalue weighted by Crippen LogP contribution is 2.44. The van der Waals surface area contributed by atoms with Crippen molar-refractivity contribution in [3.63, 3.8) is 0 Å². The van der Waals surface area contributed by atoms with Gasteiger partial charge in [-0.2, -0.15) is 71.1 Å². The lowest BCUT2D eigenvalue weighted by Crippen LogP contribution is -2.39. The predicted molar refractivity (Wildman–Crippen MR) is 228 cm³/mol. The molecule has 0 amide bonds. The van der Waals surface area contributed by atoms with Gasteiger partial charge in [-0.3, -0.25) is 0 Å². The molecular weight excluding hydrogens is 1070 g/mol. The fourth-order valence-electron chi connectivity index (χ4n) is 8.39. The molecule has 3 atom stereocenters. The topological polar surface area (TPSA) is 327 Å². The minimum atomic E-state index is -6.05. The van der Waals surface area contributed by atoms with Crippen molar-refractivity contribution < 1.29 is 93.4 Å². The van der Waals surface area contributed by atoms with Crippen molar-refractivity contribution in [1.82, 2.24) is 4.90 Å². The van der Waals surface area contributed by atoms with Gasteiger partial charge < -0.3 is 19.1 Å². The summed E-state index contributed by atoms with van der Waals surface area (Å²) < 4.78 is 214. The monoisotopic (exact) mass is 1110 g/mol. The summed E-state index contributed by atoms with van der Waals surface area (Å²) in [6.45, 7) is -1.43. The lowest BCUT2D eigenvalue weighted by Gasteiger charge is -2.32. The summed E-state index contributed by atoms with van der Waals surface area (Å²) >= 11 is 0. The van der Waals surface area contributed by atoms with E-state index in [9.17, 15) is 111 Å². The quantitative estimate of drug-likeness (QED) is 0.0718. The highest BCUT2D eigenvalue weighted by molar-refractivity contribution is 7.93. The Morgan fingerprint density at radius 1 is 0.514 bits per heavy atom. The molecule has 4 rings (SSSR count). The number of nitriles is 6. The highest BCUT2D eigenvalue weighted by atomic mass is 32.2. The van der Waals surface area contributed by atoms with Crippen LogP contribution in [0.15, 0.2) is 67.0 Å². The number of nitrogens with zero attached hydrogens (tertiary/aromatic N) is 7. The summed E-state index contributed by atoms with van der Waals surface area (Å²) in [6.07, 6.45) is -5.39. The number of ether oxygens (including phenoxy) is 3. The van der Waals surface area contributed by atoms with Crippen molar-refractivity contribution >= 4 is 47.4 Å². The SMILES string of the molecule is CC1=C(C#N)/C(=C(\C#N)C(=O)OCC(COC(=O)/C(C#N)=C2\CC(S(=O)(=O)C(F)(F)F)CC(C)=C2C#N)COC(=O)/C(C#N)=C2\CC(S(=O)(=O)C(F)(F)F)CC(N3CCCC3)=C2C#N)CC(S(=O)(=O)C(F)(F)F)C1. The summed E-state index contributed by atoms with van der Waals surface area (Å²) in [5, 5.41) is 52.8. The lowest BCUT2D eigenvalue weighted by atomic mass is 9.85.